The number of unbranched alkanes of at least 4 members (excludes halogenated alkanes) is 1. The van der Waals surface area contributed by atoms with Crippen LogP contribution >= 0.6 is 0 Å². The second-order valence-corrected chi connectivity index (χ2v) is 8.52. The summed E-state index contributed by atoms with van der Waals surface area (Å²) < 4.78 is 65.3. The van der Waals surface area contributed by atoms with Gasteiger partial charge in [-0.2, -0.15) is 13.2 Å². The third-order valence-corrected chi connectivity index (χ3v) is 5.55. The number of alkyl halides is 3. The summed E-state index contributed by atoms with van der Waals surface area (Å²) in [7, 11) is 2.53. The first-order valence-corrected chi connectivity index (χ1v) is 11.4. The predicted molar refractivity (Wildman–Crippen MR) is 122 cm³/mol. The van der Waals surface area contributed by atoms with Gasteiger partial charge < -0.3 is 25.1 Å². The first-order chi connectivity index (χ1) is 16.0. The molecule has 1 amide bonds. The lowest BCUT2D eigenvalue weighted by molar-refractivity contribution is -0.138. The molecule has 2 aromatic rings. The van der Waals surface area contributed by atoms with Gasteiger partial charge in [0.1, 0.15) is 5.76 Å². The fraction of sp³-hybridized carbons (Fsp3) is 0.381. The highest BCUT2D eigenvalue weighted by molar-refractivity contribution is 7.83. The highest BCUT2D eigenvalue weighted by Crippen LogP contribution is 2.40. The van der Waals surface area contributed by atoms with Crippen LogP contribution in [0.4, 0.5) is 18.9 Å². The number of aromatic hydroxyl groups is 1. The van der Waals surface area contributed by atoms with E-state index in [1.807, 2.05) is 6.07 Å². The second kappa shape index (κ2) is 10.3. The molecule has 1 aliphatic rings. The molecule has 1 atom stereocenters. The van der Waals surface area contributed by atoms with Crippen LogP contribution in [-0.4, -0.2) is 45.9 Å². The first-order valence-electron chi connectivity index (χ1n) is 10.3. The zero-order valence-corrected chi connectivity index (χ0v) is 19.5. The number of hydrogen-bond donors (Lipinski definition) is 3. The third-order valence-electron chi connectivity index (χ3n) is 4.88. The quantitative estimate of drug-likeness (QED) is 0.501. The van der Waals surface area contributed by atoms with Crippen molar-refractivity contribution in [3.63, 3.8) is 0 Å². The van der Waals surface area contributed by atoms with Crippen LogP contribution < -0.4 is 10.6 Å². The Labute approximate surface area is 196 Å². The maximum Gasteiger partial charge on any atom is 0.417 e. The summed E-state index contributed by atoms with van der Waals surface area (Å²) >= 11 is -1.98. The molecular weight excluding hydrogens is 475 g/mol. The van der Waals surface area contributed by atoms with E-state index in [0.717, 1.165) is 35.8 Å². The summed E-state index contributed by atoms with van der Waals surface area (Å²) in [5.74, 6) is -1.37. The number of nitrogens with one attached hydrogen (secondary N) is 2. The van der Waals surface area contributed by atoms with Gasteiger partial charge in [0, 0.05) is 14.1 Å². The largest absolute Gasteiger partial charge is 0.505 e. The van der Waals surface area contributed by atoms with E-state index >= 15 is 0 Å². The molecule has 0 aliphatic carbocycles. The summed E-state index contributed by atoms with van der Waals surface area (Å²) in [6, 6.07) is 3.51. The van der Waals surface area contributed by atoms with Crippen LogP contribution in [0.25, 0.3) is 0 Å². The summed E-state index contributed by atoms with van der Waals surface area (Å²) in [6.07, 6.45) is -0.269. The van der Waals surface area contributed by atoms with E-state index < -0.39 is 40.1 Å². The molecule has 0 fully saturated rings. The smallest absolute Gasteiger partial charge is 0.417 e. The average Bonchev–Trinajstić information content (AvgIpc) is 3.36. The van der Waals surface area contributed by atoms with Gasteiger partial charge in [0.15, 0.2) is 17.4 Å². The van der Waals surface area contributed by atoms with Crippen molar-refractivity contribution in [3.05, 3.63) is 46.9 Å². The van der Waals surface area contributed by atoms with Crippen LogP contribution in [-0.2, 0) is 30.3 Å². The molecule has 0 saturated carbocycles. The number of furan rings is 1. The third kappa shape index (κ3) is 5.76. The van der Waals surface area contributed by atoms with E-state index in [0.29, 0.717) is 11.8 Å². The number of amidine groups is 2. The lowest BCUT2D eigenvalue weighted by atomic mass is 10.0. The van der Waals surface area contributed by atoms with Crippen molar-refractivity contribution in [3.8, 4) is 5.75 Å². The van der Waals surface area contributed by atoms with Crippen molar-refractivity contribution in [1.82, 2.24) is 10.2 Å². The number of nitrogens with zero attached hydrogens (tertiary/aromatic N) is 3. The van der Waals surface area contributed by atoms with Gasteiger partial charge in [-0.15, -0.1) is 8.80 Å². The molecule has 0 spiro atoms. The Hall–Kier alpha value is -3.35. The molecule has 184 valence electrons. The molecule has 1 aliphatic heterocycles. The molecular formula is C21H24F3N5O4S. The number of phenols is 1. The van der Waals surface area contributed by atoms with E-state index in [4.69, 9.17) is 4.42 Å². The molecule has 13 heteroatoms. The van der Waals surface area contributed by atoms with Crippen molar-refractivity contribution >= 4 is 34.4 Å². The highest BCUT2D eigenvalue weighted by atomic mass is 32.2. The number of phenolic OH excluding ortho intramolecular Hbond substituents is 1. The zero-order valence-electron chi connectivity index (χ0n) is 18.7. The van der Waals surface area contributed by atoms with Gasteiger partial charge in [0.25, 0.3) is 17.1 Å². The molecule has 2 heterocycles. The van der Waals surface area contributed by atoms with Gasteiger partial charge in [-0.25, -0.2) is 4.21 Å². The van der Waals surface area contributed by atoms with E-state index in [-0.39, 0.29) is 23.9 Å². The van der Waals surface area contributed by atoms with Gasteiger partial charge in [-0.05, 0) is 36.6 Å². The van der Waals surface area contributed by atoms with Crippen LogP contribution in [0.15, 0.2) is 37.7 Å². The van der Waals surface area contributed by atoms with Crippen molar-refractivity contribution < 1.29 is 31.7 Å². The molecule has 1 unspecified atom stereocenters. The standard InChI is InChI=1S/C21H24F3N5O4S/c1-4-5-6-12-9-13(33-11-12)10-25-18-19(28-34(32)27-18)26-15-8-7-14(21(22,23)24)16(17(15)30)20(31)29(2)3/h7-9,11,30H,4-6,10H2,1-3H3,(H,25,27)(H,26,28). The predicted octanol–water partition coefficient (Wildman–Crippen LogP) is 3.64. The van der Waals surface area contributed by atoms with Gasteiger partial charge in [0.2, 0.25) is 0 Å². The number of aryl methyl sites for hydroxylation is 1. The van der Waals surface area contributed by atoms with Crippen molar-refractivity contribution in [2.24, 2.45) is 8.80 Å². The number of benzene rings is 1. The number of carbonyl (C=O) groups is 1. The number of hydrogen-bond acceptors (Lipinski definition) is 6. The Bertz CT molecular complexity index is 1160. The average molecular weight is 500 g/mol. The lowest BCUT2D eigenvalue weighted by Gasteiger charge is -2.19. The van der Waals surface area contributed by atoms with E-state index in [1.54, 1.807) is 6.26 Å². The number of rotatable bonds is 7. The van der Waals surface area contributed by atoms with E-state index in [9.17, 15) is 27.3 Å². The molecule has 34 heavy (non-hydrogen) atoms. The first kappa shape index (κ1) is 25.3. The minimum Gasteiger partial charge on any atom is -0.505 e. The van der Waals surface area contributed by atoms with E-state index in [1.165, 1.54) is 14.1 Å². The Morgan fingerprint density at radius 3 is 2.59 bits per heavy atom. The fourth-order valence-electron chi connectivity index (χ4n) is 3.16. The highest BCUT2D eigenvalue weighted by Gasteiger charge is 2.38. The fourth-order valence-corrected chi connectivity index (χ4v) is 3.80. The Morgan fingerprint density at radius 1 is 1.24 bits per heavy atom. The maximum absolute atomic E-state index is 13.4. The van der Waals surface area contributed by atoms with Crippen LogP contribution in [0, 0.1) is 0 Å². The maximum atomic E-state index is 13.4. The molecule has 0 bridgehead atoms. The summed E-state index contributed by atoms with van der Waals surface area (Å²) in [5, 5.41) is 16.1. The zero-order chi connectivity index (χ0) is 25.0. The summed E-state index contributed by atoms with van der Waals surface area (Å²) in [5.41, 5.74) is -1.39. The number of halogens is 3. The van der Waals surface area contributed by atoms with Crippen molar-refractivity contribution in [2.45, 2.75) is 38.9 Å². The molecule has 3 rings (SSSR count). The molecule has 9 nitrogen and oxygen atoms in total. The molecule has 0 saturated heterocycles. The Kier molecular flexibility index (Phi) is 7.64. The van der Waals surface area contributed by atoms with Gasteiger partial charge >= 0.3 is 6.18 Å². The minimum atomic E-state index is -4.86. The summed E-state index contributed by atoms with van der Waals surface area (Å²) in [6.45, 7) is 2.27. The van der Waals surface area contributed by atoms with Gasteiger partial charge in [-0.1, -0.05) is 13.3 Å². The van der Waals surface area contributed by atoms with Crippen molar-refractivity contribution in [1.29, 1.82) is 0 Å². The lowest BCUT2D eigenvalue weighted by Crippen LogP contribution is -2.33. The van der Waals surface area contributed by atoms with Crippen LogP contribution in [0.1, 0.15) is 47.0 Å². The van der Waals surface area contributed by atoms with Crippen LogP contribution in [0.5, 0.6) is 5.75 Å². The van der Waals surface area contributed by atoms with Crippen LogP contribution in [0.2, 0.25) is 0 Å². The Morgan fingerprint density at radius 2 is 1.94 bits per heavy atom. The summed E-state index contributed by atoms with van der Waals surface area (Å²) in [4.78, 5) is 13.3. The Balaban J connectivity index is 1.81. The number of carbonyl (C=O) groups excluding carboxylic acids is 1. The normalized spacial score (nSPS) is 15.6. The molecule has 1 aromatic heterocycles. The van der Waals surface area contributed by atoms with Gasteiger partial charge in [-0.3, -0.25) is 4.79 Å². The van der Waals surface area contributed by atoms with Gasteiger partial charge in [0.05, 0.1) is 29.6 Å². The molecule has 1 aromatic carbocycles. The van der Waals surface area contributed by atoms with Crippen LogP contribution in [0.3, 0.4) is 0 Å². The second-order valence-electron chi connectivity index (χ2n) is 7.70. The topological polar surface area (TPSA) is 120 Å². The van der Waals surface area contributed by atoms with E-state index in [2.05, 4.69) is 26.4 Å². The number of amides is 1. The molecule has 3 N–H and O–H groups in total. The molecule has 0 radical (unpaired) electrons. The minimum absolute atomic E-state index is 0.0598. The monoisotopic (exact) mass is 499 g/mol. The SMILES string of the molecule is CCCCc1coc(CNC2=NS(=O)N=C2Nc2ccc(C(F)(F)F)c(C(=O)N(C)C)c2O)c1. The number of anilines is 1. The van der Waals surface area contributed by atoms with Crippen molar-refractivity contribution in [2.75, 3.05) is 19.4 Å².